The van der Waals surface area contributed by atoms with Gasteiger partial charge in [-0.3, -0.25) is 0 Å². The topological polar surface area (TPSA) is 37.8 Å². The van der Waals surface area contributed by atoms with Crippen molar-refractivity contribution in [3.8, 4) is 0 Å². The second-order valence-corrected chi connectivity index (χ2v) is 4.37. The van der Waals surface area contributed by atoms with Gasteiger partial charge in [-0.05, 0) is 32.9 Å². The van der Waals surface area contributed by atoms with Gasteiger partial charge in [0, 0.05) is 18.2 Å². The third-order valence-electron chi connectivity index (χ3n) is 3.00. The lowest BCUT2D eigenvalue weighted by atomic mass is 10.1. The molecule has 3 nitrogen and oxygen atoms in total. The van der Waals surface area contributed by atoms with Crippen LogP contribution in [0.3, 0.4) is 0 Å². The highest BCUT2D eigenvalue weighted by atomic mass is 14.9. The molecule has 0 unspecified atom stereocenters. The minimum atomic E-state index is 0.612. The average Bonchev–Trinajstić information content (AvgIpc) is 2.70. The van der Waals surface area contributed by atoms with E-state index in [0.29, 0.717) is 5.92 Å². The molecule has 0 spiro atoms. The second kappa shape index (κ2) is 4.71. The molecule has 1 aromatic rings. The molecule has 1 saturated carbocycles. The molecular weight excluding hydrogens is 186 g/mol. The summed E-state index contributed by atoms with van der Waals surface area (Å²) in [4.78, 5) is 9.19. The van der Waals surface area contributed by atoms with E-state index in [1.807, 2.05) is 7.05 Å². The molecule has 0 amide bonds. The summed E-state index contributed by atoms with van der Waals surface area (Å²) in [5, 5.41) is 3.14. The van der Waals surface area contributed by atoms with Crippen molar-refractivity contribution in [1.82, 2.24) is 15.3 Å². The molecule has 0 aromatic carbocycles. The van der Waals surface area contributed by atoms with Crippen LogP contribution in [-0.2, 0) is 6.54 Å². The van der Waals surface area contributed by atoms with Crippen molar-refractivity contribution in [3.63, 3.8) is 0 Å². The minimum absolute atomic E-state index is 0.612. The first-order chi connectivity index (χ1) is 7.29. The van der Waals surface area contributed by atoms with Crippen LogP contribution in [0.2, 0.25) is 0 Å². The lowest BCUT2D eigenvalue weighted by Gasteiger charge is -2.10. The molecule has 1 aliphatic carbocycles. The zero-order valence-electron chi connectivity index (χ0n) is 9.58. The molecule has 2 rings (SSSR count). The first-order valence-electron chi connectivity index (χ1n) is 5.78. The molecule has 1 heterocycles. The van der Waals surface area contributed by atoms with Gasteiger partial charge in [0.15, 0.2) is 0 Å². The monoisotopic (exact) mass is 205 g/mol. The van der Waals surface area contributed by atoms with Gasteiger partial charge in [-0.15, -0.1) is 0 Å². The van der Waals surface area contributed by atoms with Crippen molar-refractivity contribution < 1.29 is 0 Å². The van der Waals surface area contributed by atoms with E-state index >= 15 is 0 Å². The summed E-state index contributed by atoms with van der Waals surface area (Å²) in [5.41, 5.74) is 2.21. The highest BCUT2D eigenvalue weighted by Gasteiger charge is 2.20. The first kappa shape index (κ1) is 10.6. The maximum Gasteiger partial charge on any atom is 0.131 e. The summed E-state index contributed by atoms with van der Waals surface area (Å²) in [6, 6.07) is 2.06. The fourth-order valence-electron chi connectivity index (χ4n) is 2.30. The van der Waals surface area contributed by atoms with Crippen LogP contribution in [-0.4, -0.2) is 17.0 Å². The van der Waals surface area contributed by atoms with Crippen molar-refractivity contribution in [1.29, 1.82) is 0 Å². The van der Waals surface area contributed by atoms with Crippen LogP contribution in [0.15, 0.2) is 6.07 Å². The van der Waals surface area contributed by atoms with Crippen LogP contribution >= 0.6 is 0 Å². The van der Waals surface area contributed by atoms with E-state index in [-0.39, 0.29) is 0 Å². The maximum atomic E-state index is 4.63. The number of hydrogen-bond donors (Lipinski definition) is 1. The molecule has 0 aliphatic heterocycles. The van der Waals surface area contributed by atoms with Crippen molar-refractivity contribution in [3.05, 3.63) is 23.3 Å². The number of aryl methyl sites for hydroxylation is 1. The Bertz CT molecular complexity index is 330. The van der Waals surface area contributed by atoms with E-state index in [9.17, 15) is 0 Å². The fraction of sp³-hybridized carbons (Fsp3) is 0.667. The predicted octanol–water partition coefficient (Wildman–Crippen LogP) is 2.16. The normalized spacial score (nSPS) is 17.2. The summed E-state index contributed by atoms with van der Waals surface area (Å²) < 4.78 is 0. The lowest BCUT2D eigenvalue weighted by molar-refractivity contribution is 0.649. The van der Waals surface area contributed by atoms with Gasteiger partial charge in [-0.2, -0.15) is 0 Å². The zero-order valence-corrected chi connectivity index (χ0v) is 9.58. The van der Waals surface area contributed by atoms with Gasteiger partial charge >= 0.3 is 0 Å². The summed E-state index contributed by atoms with van der Waals surface area (Å²) in [6.45, 7) is 2.89. The Kier molecular flexibility index (Phi) is 3.31. The van der Waals surface area contributed by atoms with Crippen LogP contribution in [0.5, 0.6) is 0 Å². The van der Waals surface area contributed by atoms with Crippen LogP contribution in [0, 0.1) is 6.92 Å². The van der Waals surface area contributed by atoms with Crippen molar-refractivity contribution in [2.75, 3.05) is 7.05 Å². The summed E-state index contributed by atoms with van der Waals surface area (Å²) in [5.74, 6) is 1.68. The third kappa shape index (κ3) is 2.53. The second-order valence-electron chi connectivity index (χ2n) is 4.37. The SMILES string of the molecule is CNCc1cc(C)nc(C2CCCC2)n1. The number of aromatic nitrogens is 2. The van der Waals surface area contributed by atoms with Crippen LogP contribution in [0.1, 0.15) is 48.8 Å². The Morgan fingerprint density at radius 2 is 2.07 bits per heavy atom. The molecule has 15 heavy (non-hydrogen) atoms. The molecule has 1 aromatic heterocycles. The number of nitrogens with one attached hydrogen (secondary N) is 1. The quantitative estimate of drug-likeness (QED) is 0.821. The van der Waals surface area contributed by atoms with E-state index in [0.717, 1.165) is 23.8 Å². The van der Waals surface area contributed by atoms with E-state index < -0.39 is 0 Å². The Labute approximate surface area is 91.3 Å². The van der Waals surface area contributed by atoms with E-state index in [1.54, 1.807) is 0 Å². The van der Waals surface area contributed by atoms with Crippen LogP contribution in [0.4, 0.5) is 0 Å². The molecule has 1 fully saturated rings. The van der Waals surface area contributed by atoms with Gasteiger partial charge in [0.25, 0.3) is 0 Å². The predicted molar refractivity (Wildman–Crippen MR) is 60.7 cm³/mol. The van der Waals surface area contributed by atoms with Gasteiger partial charge in [0.05, 0.1) is 5.69 Å². The largest absolute Gasteiger partial charge is 0.314 e. The van der Waals surface area contributed by atoms with Crippen molar-refractivity contribution in [2.24, 2.45) is 0 Å². The molecule has 0 atom stereocenters. The fourth-order valence-corrected chi connectivity index (χ4v) is 2.30. The van der Waals surface area contributed by atoms with Gasteiger partial charge < -0.3 is 5.32 Å². The third-order valence-corrected chi connectivity index (χ3v) is 3.00. The molecule has 3 heteroatoms. The molecule has 1 N–H and O–H groups in total. The van der Waals surface area contributed by atoms with Crippen LogP contribution in [0.25, 0.3) is 0 Å². The Balaban J connectivity index is 2.22. The standard InChI is InChI=1S/C12H19N3/c1-9-7-11(8-13-2)15-12(14-9)10-5-3-4-6-10/h7,10,13H,3-6,8H2,1-2H3. The Morgan fingerprint density at radius 1 is 1.33 bits per heavy atom. The smallest absolute Gasteiger partial charge is 0.131 e. The van der Waals surface area contributed by atoms with Gasteiger partial charge in [-0.25, -0.2) is 9.97 Å². The molecule has 1 aliphatic rings. The first-order valence-corrected chi connectivity index (χ1v) is 5.78. The highest BCUT2D eigenvalue weighted by molar-refractivity contribution is 5.12. The Morgan fingerprint density at radius 3 is 2.73 bits per heavy atom. The minimum Gasteiger partial charge on any atom is -0.314 e. The van der Waals surface area contributed by atoms with E-state index in [1.165, 1.54) is 25.7 Å². The number of hydrogen-bond acceptors (Lipinski definition) is 3. The average molecular weight is 205 g/mol. The van der Waals surface area contributed by atoms with Gasteiger partial charge in [0.2, 0.25) is 0 Å². The van der Waals surface area contributed by atoms with Gasteiger partial charge in [-0.1, -0.05) is 12.8 Å². The van der Waals surface area contributed by atoms with Crippen molar-refractivity contribution >= 4 is 0 Å². The van der Waals surface area contributed by atoms with Gasteiger partial charge in [0.1, 0.15) is 5.82 Å². The van der Waals surface area contributed by atoms with E-state index in [4.69, 9.17) is 0 Å². The molecule has 0 saturated heterocycles. The molecular formula is C12H19N3. The number of nitrogens with zero attached hydrogens (tertiary/aromatic N) is 2. The molecule has 82 valence electrons. The summed E-state index contributed by atoms with van der Waals surface area (Å²) in [7, 11) is 1.95. The van der Waals surface area contributed by atoms with Crippen molar-refractivity contribution in [2.45, 2.75) is 45.1 Å². The zero-order chi connectivity index (χ0) is 10.7. The van der Waals surface area contributed by atoms with E-state index in [2.05, 4.69) is 28.3 Å². The summed E-state index contributed by atoms with van der Waals surface area (Å²) >= 11 is 0. The maximum absolute atomic E-state index is 4.63. The number of rotatable bonds is 3. The molecule has 0 bridgehead atoms. The Hall–Kier alpha value is -0.960. The van der Waals surface area contributed by atoms with Crippen LogP contribution < -0.4 is 5.32 Å². The summed E-state index contributed by atoms with van der Waals surface area (Å²) in [6.07, 6.45) is 5.21. The lowest BCUT2D eigenvalue weighted by Crippen LogP contribution is -2.11. The highest BCUT2D eigenvalue weighted by Crippen LogP contribution is 2.32. The molecule has 0 radical (unpaired) electrons.